The Balaban J connectivity index is 1.66. The zero-order valence-corrected chi connectivity index (χ0v) is 11.2. The number of aryl methyl sites for hydroxylation is 1. The first kappa shape index (κ1) is 12.6. The lowest BCUT2D eigenvalue weighted by Crippen LogP contribution is -2.48. The third-order valence-corrected chi connectivity index (χ3v) is 4.15. The molecule has 1 aliphatic heterocycles. The van der Waals surface area contributed by atoms with Gasteiger partial charge in [-0.15, -0.1) is 0 Å². The van der Waals surface area contributed by atoms with E-state index in [-0.39, 0.29) is 0 Å². The highest BCUT2D eigenvalue weighted by atomic mass is 15.3. The first-order valence-electron chi connectivity index (χ1n) is 7.16. The summed E-state index contributed by atoms with van der Waals surface area (Å²) < 4.78 is 1.33. The van der Waals surface area contributed by atoms with E-state index in [0.29, 0.717) is 0 Å². The van der Waals surface area contributed by atoms with Gasteiger partial charge < -0.3 is 4.48 Å². The number of likely N-dealkylation sites (tertiary alicyclic amines) is 1. The minimum absolute atomic E-state index is 1.25. The molecule has 1 aromatic rings. The molecule has 1 heteroatoms. The zero-order chi connectivity index (χ0) is 12.0. The molecule has 0 spiro atoms. The Morgan fingerprint density at radius 3 is 2.35 bits per heavy atom. The lowest BCUT2D eigenvalue weighted by Gasteiger charge is -2.37. The van der Waals surface area contributed by atoms with Gasteiger partial charge in [-0.1, -0.05) is 30.3 Å². The van der Waals surface area contributed by atoms with Crippen LogP contribution in [-0.4, -0.2) is 31.2 Å². The van der Waals surface area contributed by atoms with Crippen molar-refractivity contribution in [3.63, 3.8) is 0 Å². The molecule has 1 nitrogen and oxygen atoms in total. The largest absolute Gasteiger partial charge is 0.326 e. The van der Waals surface area contributed by atoms with E-state index < -0.39 is 0 Å². The van der Waals surface area contributed by atoms with Crippen molar-refractivity contribution in [2.45, 2.75) is 38.5 Å². The van der Waals surface area contributed by atoms with Crippen LogP contribution in [0.15, 0.2) is 30.3 Å². The van der Waals surface area contributed by atoms with E-state index in [2.05, 4.69) is 37.4 Å². The number of hydrogen-bond donors (Lipinski definition) is 0. The fourth-order valence-electron chi connectivity index (χ4n) is 2.97. The SMILES string of the molecule is C[N+]1(CCCCc2ccccc2)CCCCC1. The highest BCUT2D eigenvalue weighted by Crippen LogP contribution is 2.17. The number of benzene rings is 1. The maximum absolute atomic E-state index is 2.45. The van der Waals surface area contributed by atoms with Gasteiger partial charge in [-0.2, -0.15) is 0 Å². The summed E-state index contributed by atoms with van der Waals surface area (Å²) in [6.07, 6.45) is 8.31. The Morgan fingerprint density at radius 1 is 0.941 bits per heavy atom. The van der Waals surface area contributed by atoms with Crippen LogP contribution in [0.5, 0.6) is 0 Å². The van der Waals surface area contributed by atoms with Gasteiger partial charge >= 0.3 is 0 Å². The maximum atomic E-state index is 2.45. The molecule has 2 rings (SSSR count). The second kappa shape index (κ2) is 6.20. The summed E-state index contributed by atoms with van der Waals surface area (Å²) in [5.74, 6) is 0. The molecular formula is C16H26N+. The normalized spacial score (nSPS) is 19.1. The van der Waals surface area contributed by atoms with Crippen LogP contribution < -0.4 is 0 Å². The number of unbranched alkanes of at least 4 members (excludes halogenated alkanes) is 1. The highest BCUT2D eigenvalue weighted by Gasteiger charge is 2.23. The molecule has 0 unspecified atom stereocenters. The maximum Gasteiger partial charge on any atom is 0.0784 e. The van der Waals surface area contributed by atoms with Gasteiger partial charge in [0, 0.05) is 0 Å². The zero-order valence-electron chi connectivity index (χ0n) is 11.2. The number of quaternary nitrogens is 1. The van der Waals surface area contributed by atoms with Crippen LogP contribution in [0.1, 0.15) is 37.7 Å². The number of rotatable bonds is 5. The summed E-state index contributed by atoms with van der Waals surface area (Å²) in [6.45, 7) is 4.20. The van der Waals surface area contributed by atoms with Crippen LogP contribution in [0.4, 0.5) is 0 Å². The minimum atomic E-state index is 1.25. The standard InChI is InChI=1S/C16H26N/c1-17(13-7-3-8-14-17)15-9-6-12-16-10-4-2-5-11-16/h2,4-5,10-11H,3,6-9,12-15H2,1H3/q+1. The van der Waals surface area contributed by atoms with E-state index in [9.17, 15) is 0 Å². The molecule has 0 N–H and O–H groups in total. The lowest BCUT2D eigenvalue weighted by molar-refractivity contribution is -0.914. The van der Waals surface area contributed by atoms with E-state index in [1.807, 2.05) is 0 Å². The van der Waals surface area contributed by atoms with Crippen molar-refractivity contribution < 1.29 is 4.48 Å². The van der Waals surface area contributed by atoms with Gasteiger partial charge in [0.2, 0.25) is 0 Å². The Bertz CT molecular complexity index is 312. The lowest BCUT2D eigenvalue weighted by atomic mass is 10.1. The molecule has 1 heterocycles. The Labute approximate surface area is 106 Å². The summed E-state index contributed by atoms with van der Waals surface area (Å²) >= 11 is 0. The van der Waals surface area contributed by atoms with Crippen LogP contribution in [0.2, 0.25) is 0 Å². The summed E-state index contributed by atoms with van der Waals surface area (Å²) in [4.78, 5) is 0. The van der Waals surface area contributed by atoms with E-state index in [4.69, 9.17) is 0 Å². The van der Waals surface area contributed by atoms with Gasteiger partial charge in [0.05, 0.1) is 26.7 Å². The first-order chi connectivity index (χ1) is 8.29. The molecule has 1 aliphatic rings. The van der Waals surface area contributed by atoms with E-state index in [1.54, 1.807) is 0 Å². The topological polar surface area (TPSA) is 0 Å². The fraction of sp³-hybridized carbons (Fsp3) is 0.625. The summed E-state index contributed by atoms with van der Waals surface area (Å²) in [7, 11) is 2.45. The van der Waals surface area contributed by atoms with Crippen molar-refractivity contribution in [1.29, 1.82) is 0 Å². The third kappa shape index (κ3) is 4.16. The average molecular weight is 232 g/mol. The first-order valence-corrected chi connectivity index (χ1v) is 7.16. The Hall–Kier alpha value is -0.820. The molecule has 0 aromatic heterocycles. The monoisotopic (exact) mass is 232 g/mol. The van der Waals surface area contributed by atoms with Crippen molar-refractivity contribution in [2.75, 3.05) is 26.7 Å². The smallest absolute Gasteiger partial charge is 0.0784 e. The molecule has 0 radical (unpaired) electrons. The van der Waals surface area contributed by atoms with Gasteiger partial charge in [0.25, 0.3) is 0 Å². The molecule has 1 fully saturated rings. The van der Waals surface area contributed by atoms with Crippen LogP contribution in [-0.2, 0) is 6.42 Å². The third-order valence-electron chi connectivity index (χ3n) is 4.15. The van der Waals surface area contributed by atoms with Crippen molar-refractivity contribution in [1.82, 2.24) is 0 Å². The molecule has 0 atom stereocenters. The van der Waals surface area contributed by atoms with Crippen molar-refractivity contribution in [3.05, 3.63) is 35.9 Å². The van der Waals surface area contributed by atoms with E-state index in [0.717, 1.165) is 0 Å². The predicted molar refractivity (Wildman–Crippen MR) is 74.0 cm³/mol. The molecule has 1 saturated heterocycles. The second-order valence-electron chi connectivity index (χ2n) is 5.79. The quantitative estimate of drug-likeness (QED) is 0.537. The fourth-order valence-corrected chi connectivity index (χ4v) is 2.97. The Morgan fingerprint density at radius 2 is 1.65 bits per heavy atom. The van der Waals surface area contributed by atoms with Gasteiger partial charge in [0.1, 0.15) is 0 Å². The van der Waals surface area contributed by atoms with Crippen LogP contribution in [0.3, 0.4) is 0 Å². The number of piperidine rings is 1. The molecule has 94 valence electrons. The van der Waals surface area contributed by atoms with E-state index in [1.165, 1.54) is 68.2 Å². The number of nitrogens with zero attached hydrogens (tertiary/aromatic N) is 1. The molecule has 1 aromatic carbocycles. The second-order valence-corrected chi connectivity index (χ2v) is 5.79. The molecule has 0 aliphatic carbocycles. The van der Waals surface area contributed by atoms with Crippen LogP contribution >= 0.6 is 0 Å². The Kier molecular flexibility index (Phi) is 4.61. The molecular weight excluding hydrogens is 206 g/mol. The van der Waals surface area contributed by atoms with Gasteiger partial charge in [-0.25, -0.2) is 0 Å². The molecule has 0 bridgehead atoms. The summed E-state index contributed by atoms with van der Waals surface area (Å²) in [6, 6.07) is 10.9. The van der Waals surface area contributed by atoms with Gasteiger partial charge in [0.15, 0.2) is 0 Å². The summed E-state index contributed by atoms with van der Waals surface area (Å²) in [5, 5.41) is 0. The van der Waals surface area contributed by atoms with Crippen molar-refractivity contribution in [2.24, 2.45) is 0 Å². The molecule has 17 heavy (non-hydrogen) atoms. The van der Waals surface area contributed by atoms with Gasteiger partial charge in [-0.3, -0.25) is 0 Å². The number of hydrogen-bond acceptors (Lipinski definition) is 0. The summed E-state index contributed by atoms with van der Waals surface area (Å²) in [5.41, 5.74) is 1.49. The predicted octanol–water partition coefficient (Wildman–Crippen LogP) is 3.64. The van der Waals surface area contributed by atoms with Crippen molar-refractivity contribution >= 4 is 0 Å². The van der Waals surface area contributed by atoms with Crippen molar-refractivity contribution in [3.8, 4) is 0 Å². The average Bonchev–Trinajstić information content (AvgIpc) is 2.37. The van der Waals surface area contributed by atoms with Crippen LogP contribution in [0.25, 0.3) is 0 Å². The van der Waals surface area contributed by atoms with Crippen LogP contribution in [0, 0.1) is 0 Å². The van der Waals surface area contributed by atoms with E-state index >= 15 is 0 Å². The molecule has 0 saturated carbocycles. The molecule has 0 amide bonds. The highest BCUT2D eigenvalue weighted by molar-refractivity contribution is 5.14. The minimum Gasteiger partial charge on any atom is -0.326 e. The van der Waals surface area contributed by atoms with Gasteiger partial charge in [-0.05, 0) is 44.1 Å².